The molecule has 3 nitrogen and oxygen atoms in total. The largest absolute Gasteiger partial charge is 0.501 e. The minimum atomic E-state index is -0.971. The summed E-state index contributed by atoms with van der Waals surface area (Å²) < 4.78 is 5.00. The van der Waals surface area contributed by atoms with Crippen molar-refractivity contribution in [2.75, 3.05) is 6.61 Å². The van der Waals surface area contributed by atoms with Crippen molar-refractivity contribution in [3.05, 3.63) is 36.6 Å². The Labute approximate surface area is 78.0 Å². The number of carbonyl (C=O) groups is 1. The quantitative estimate of drug-likeness (QED) is 0.296. The molecule has 0 aromatic heterocycles. The first-order chi connectivity index (χ1) is 6.18. The predicted molar refractivity (Wildman–Crippen MR) is 51.3 cm³/mol. The van der Waals surface area contributed by atoms with E-state index in [0.29, 0.717) is 13.0 Å². The van der Waals surface area contributed by atoms with E-state index >= 15 is 0 Å². The zero-order valence-electron chi connectivity index (χ0n) is 7.69. The molecule has 0 atom stereocenters. The Hall–Kier alpha value is -1.51. The Morgan fingerprint density at radius 1 is 1.54 bits per heavy atom. The van der Waals surface area contributed by atoms with E-state index in [2.05, 4.69) is 6.58 Å². The fourth-order valence-corrected chi connectivity index (χ4v) is 0.569. The number of carboxylic acids is 1. The van der Waals surface area contributed by atoms with Gasteiger partial charge in [0.1, 0.15) is 0 Å². The van der Waals surface area contributed by atoms with E-state index in [-0.39, 0.29) is 5.57 Å². The molecular formula is C10H14O3. The van der Waals surface area contributed by atoms with Crippen LogP contribution < -0.4 is 0 Å². The minimum absolute atomic E-state index is 0.166. The van der Waals surface area contributed by atoms with Crippen LogP contribution in [-0.2, 0) is 9.53 Å². The maximum Gasteiger partial charge on any atom is 0.331 e. The highest BCUT2D eigenvalue weighted by atomic mass is 16.5. The number of ether oxygens (including phenoxy) is 1. The van der Waals surface area contributed by atoms with Gasteiger partial charge in [0.05, 0.1) is 12.9 Å². The second-order valence-corrected chi connectivity index (χ2v) is 2.38. The third-order valence-corrected chi connectivity index (χ3v) is 1.30. The predicted octanol–water partition coefficient (Wildman–Crippen LogP) is 2.12. The summed E-state index contributed by atoms with van der Waals surface area (Å²) in [5.41, 5.74) is 0.166. The lowest BCUT2D eigenvalue weighted by atomic mass is 10.2. The second kappa shape index (κ2) is 7.16. The van der Waals surface area contributed by atoms with E-state index in [9.17, 15) is 4.79 Å². The lowest BCUT2D eigenvalue weighted by molar-refractivity contribution is -0.132. The third-order valence-electron chi connectivity index (χ3n) is 1.30. The van der Waals surface area contributed by atoms with Gasteiger partial charge in [-0.15, -0.1) is 0 Å². The van der Waals surface area contributed by atoms with Crippen molar-refractivity contribution in [3.63, 3.8) is 0 Å². The highest BCUT2D eigenvalue weighted by molar-refractivity contribution is 5.85. The maximum absolute atomic E-state index is 10.3. The topological polar surface area (TPSA) is 46.5 Å². The van der Waals surface area contributed by atoms with E-state index in [1.807, 2.05) is 19.1 Å². The lowest BCUT2D eigenvalue weighted by Gasteiger charge is -1.99. The van der Waals surface area contributed by atoms with Crippen molar-refractivity contribution in [1.29, 1.82) is 0 Å². The number of rotatable bonds is 6. The van der Waals surface area contributed by atoms with Crippen molar-refractivity contribution in [2.45, 2.75) is 13.3 Å². The summed E-state index contributed by atoms with van der Waals surface area (Å²) in [7, 11) is 0. The van der Waals surface area contributed by atoms with Gasteiger partial charge < -0.3 is 9.84 Å². The molecule has 0 radical (unpaired) electrons. The van der Waals surface area contributed by atoms with Crippen LogP contribution in [0.1, 0.15) is 13.3 Å². The summed E-state index contributed by atoms with van der Waals surface area (Å²) in [4.78, 5) is 10.3. The highest BCUT2D eigenvalue weighted by Crippen LogP contribution is 1.97. The molecule has 0 aliphatic heterocycles. The number of aliphatic carboxylic acids is 1. The molecule has 0 aromatic carbocycles. The number of hydrogen-bond acceptors (Lipinski definition) is 2. The number of allylic oxidation sites excluding steroid dienone is 3. The van der Waals surface area contributed by atoms with Gasteiger partial charge in [0.2, 0.25) is 0 Å². The van der Waals surface area contributed by atoms with E-state index < -0.39 is 5.97 Å². The normalized spacial score (nSPS) is 10.8. The van der Waals surface area contributed by atoms with E-state index in [0.717, 1.165) is 0 Å². The molecule has 72 valence electrons. The number of hydrogen-bond donors (Lipinski definition) is 1. The molecule has 0 rings (SSSR count). The van der Waals surface area contributed by atoms with Gasteiger partial charge in [0.15, 0.2) is 0 Å². The van der Waals surface area contributed by atoms with Gasteiger partial charge >= 0.3 is 5.97 Å². The van der Waals surface area contributed by atoms with Gasteiger partial charge in [-0.3, -0.25) is 0 Å². The zero-order valence-corrected chi connectivity index (χ0v) is 7.69. The summed E-state index contributed by atoms with van der Waals surface area (Å²) in [6, 6.07) is 0. The summed E-state index contributed by atoms with van der Waals surface area (Å²) in [5.74, 6) is -0.971. The molecule has 1 N–H and O–H groups in total. The van der Waals surface area contributed by atoms with Crippen LogP contribution in [0.4, 0.5) is 0 Å². The Bertz CT molecular complexity index is 226. The number of carboxylic acid groups (broad SMARTS) is 1. The van der Waals surface area contributed by atoms with Crippen LogP contribution in [0.2, 0.25) is 0 Å². The van der Waals surface area contributed by atoms with Crippen molar-refractivity contribution in [1.82, 2.24) is 0 Å². The van der Waals surface area contributed by atoms with Gasteiger partial charge in [-0.25, -0.2) is 4.79 Å². The van der Waals surface area contributed by atoms with Crippen molar-refractivity contribution in [3.8, 4) is 0 Å². The highest BCUT2D eigenvalue weighted by Gasteiger charge is 2.01. The van der Waals surface area contributed by atoms with E-state index in [1.54, 1.807) is 6.08 Å². The van der Waals surface area contributed by atoms with Gasteiger partial charge in [-0.2, -0.15) is 0 Å². The first-order valence-corrected chi connectivity index (χ1v) is 3.99. The molecule has 0 unspecified atom stereocenters. The van der Waals surface area contributed by atoms with Gasteiger partial charge in [-0.1, -0.05) is 18.7 Å². The molecule has 0 aromatic rings. The van der Waals surface area contributed by atoms with Crippen LogP contribution in [0, 0.1) is 0 Å². The summed E-state index contributed by atoms with van der Waals surface area (Å²) in [5, 5.41) is 8.44. The van der Waals surface area contributed by atoms with E-state index in [4.69, 9.17) is 9.84 Å². The second-order valence-electron chi connectivity index (χ2n) is 2.38. The molecule has 0 amide bonds. The van der Waals surface area contributed by atoms with Gasteiger partial charge in [-0.05, 0) is 13.0 Å². The first-order valence-electron chi connectivity index (χ1n) is 3.99. The first kappa shape index (κ1) is 11.5. The van der Waals surface area contributed by atoms with Crippen LogP contribution in [-0.4, -0.2) is 17.7 Å². The van der Waals surface area contributed by atoms with Crippen molar-refractivity contribution >= 4 is 5.97 Å². The fraction of sp³-hybridized carbons (Fsp3) is 0.300. The molecule has 0 heterocycles. The van der Waals surface area contributed by atoms with Crippen LogP contribution in [0.5, 0.6) is 0 Å². The molecule has 0 fully saturated rings. The van der Waals surface area contributed by atoms with Crippen LogP contribution in [0.15, 0.2) is 36.6 Å². The van der Waals surface area contributed by atoms with Crippen molar-refractivity contribution < 1.29 is 14.6 Å². The Morgan fingerprint density at radius 2 is 2.23 bits per heavy atom. The van der Waals surface area contributed by atoms with Crippen molar-refractivity contribution in [2.24, 2.45) is 0 Å². The molecule has 13 heavy (non-hydrogen) atoms. The standard InChI is InChI=1S/C10H14O3/c1-3-4-5-7-13-8-6-9(2)10(11)12/h3-5,7H,2,6,8H2,1H3,(H,11,12). The average molecular weight is 182 g/mol. The molecular weight excluding hydrogens is 168 g/mol. The SMILES string of the molecule is C=C(CCOC=CC=CC)C(=O)O. The van der Waals surface area contributed by atoms with Crippen LogP contribution >= 0.6 is 0 Å². The third kappa shape index (κ3) is 6.87. The lowest BCUT2D eigenvalue weighted by Crippen LogP contribution is -2.01. The molecule has 0 saturated carbocycles. The molecule has 0 spiro atoms. The average Bonchev–Trinajstić information content (AvgIpc) is 2.10. The Kier molecular flexibility index (Phi) is 6.32. The maximum atomic E-state index is 10.3. The van der Waals surface area contributed by atoms with Crippen LogP contribution in [0.25, 0.3) is 0 Å². The van der Waals surface area contributed by atoms with Crippen LogP contribution in [0.3, 0.4) is 0 Å². The van der Waals surface area contributed by atoms with Gasteiger partial charge in [0, 0.05) is 12.0 Å². The Morgan fingerprint density at radius 3 is 2.77 bits per heavy atom. The van der Waals surface area contributed by atoms with Gasteiger partial charge in [0.25, 0.3) is 0 Å². The molecule has 0 aliphatic rings. The molecule has 3 heteroatoms. The van der Waals surface area contributed by atoms with E-state index in [1.165, 1.54) is 6.26 Å². The molecule has 0 aliphatic carbocycles. The summed E-state index contributed by atoms with van der Waals surface area (Å²) in [6.45, 7) is 5.62. The smallest absolute Gasteiger partial charge is 0.331 e. The monoisotopic (exact) mass is 182 g/mol. The molecule has 0 bridgehead atoms. The minimum Gasteiger partial charge on any atom is -0.501 e. The summed E-state index contributed by atoms with van der Waals surface area (Å²) >= 11 is 0. The summed E-state index contributed by atoms with van der Waals surface area (Å²) in [6.07, 6.45) is 7.30. The zero-order chi connectivity index (χ0) is 10.1. The molecule has 0 saturated heterocycles. The fourth-order valence-electron chi connectivity index (χ4n) is 0.569. The Balaban J connectivity index is 3.46.